The van der Waals surface area contributed by atoms with Crippen LogP contribution in [0.2, 0.25) is 0 Å². The van der Waals surface area contributed by atoms with Gasteiger partial charge in [-0.15, -0.1) is 0 Å². The number of hydrogen-bond acceptors (Lipinski definition) is 4. The Morgan fingerprint density at radius 1 is 1.33 bits per heavy atom. The monoisotopic (exact) mass is 311 g/mol. The Hall–Kier alpha value is -1.56. The van der Waals surface area contributed by atoms with Crippen LogP contribution in [0.15, 0.2) is 24.3 Å². The summed E-state index contributed by atoms with van der Waals surface area (Å²) >= 11 is 0. The molecule has 0 aliphatic carbocycles. The summed E-state index contributed by atoms with van der Waals surface area (Å²) in [6, 6.07) is 7.19. The van der Waals surface area contributed by atoms with Crippen LogP contribution < -0.4 is 9.46 Å². The summed E-state index contributed by atoms with van der Waals surface area (Å²) in [5.74, 6) is -0.190. The molecule has 0 aromatic heterocycles. The molecule has 1 aromatic carbocycles. The van der Waals surface area contributed by atoms with E-state index in [1.807, 2.05) is 26.0 Å². The molecule has 0 unspecified atom stereocenters. The highest BCUT2D eigenvalue weighted by Gasteiger charge is 2.33. The Balaban J connectivity index is 2.09. The van der Waals surface area contributed by atoms with E-state index in [0.717, 1.165) is 5.56 Å². The normalized spacial score (nSPS) is 19.0. The van der Waals surface area contributed by atoms with Gasteiger partial charge in [0.05, 0.1) is 5.25 Å². The average Bonchev–Trinajstić information content (AvgIpc) is 2.81. The quantitative estimate of drug-likeness (QED) is 0.903. The Labute approximate surface area is 125 Å². The summed E-state index contributed by atoms with van der Waals surface area (Å²) in [4.78, 5) is 12.2. The van der Waals surface area contributed by atoms with Gasteiger partial charge in [0.25, 0.3) is 0 Å². The average molecular weight is 311 g/mol. The Morgan fingerprint density at radius 2 is 2.00 bits per heavy atom. The van der Waals surface area contributed by atoms with Crippen molar-refractivity contribution in [1.82, 2.24) is 4.72 Å². The van der Waals surface area contributed by atoms with E-state index >= 15 is 0 Å². The Morgan fingerprint density at radius 3 is 2.67 bits per heavy atom. The topological polar surface area (TPSA) is 72.5 Å². The zero-order chi connectivity index (χ0) is 15.6. The van der Waals surface area contributed by atoms with Gasteiger partial charge >= 0.3 is 0 Å². The molecule has 0 bridgehead atoms. The van der Waals surface area contributed by atoms with Gasteiger partial charge in [0.2, 0.25) is 15.9 Å². The molecule has 116 valence electrons. The molecule has 0 saturated carbocycles. The fourth-order valence-corrected chi connectivity index (χ4v) is 3.74. The lowest BCUT2D eigenvalue weighted by atomic mass is 10.0. The van der Waals surface area contributed by atoms with Gasteiger partial charge in [0, 0.05) is 5.56 Å². The van der Waals surface area contributed by atoms with Crippen LogP contribution in [0.1, 0.15) is 38.7 Å². The number of ether oxygens (including phenoxy) is 1. The highest BCUT2D eigenvalue weighted by Crippen LogP contribution is 2.33. The molecule has 0 fully saturated rings. The van der Waals surface area contributed by atoms with Gasteiger partial charge in [-0.05, 0) is 25.3 Å². The number of carbonyl (C=O) groups is 1. The molecule has 1 heterocycles. The number of para-hydroxylation sites is 1. The summed E-state index contributed by atoms with van der Waals surface area (Å²) in [5.41, 5.74) is 0.738. The number of benzene rings is 1. The summed E-state index contributed by atoms with van der Waals surface area (Å²) in [6.45, 7) is 5.71. The van der Waals surface area contributed by atoms with Crippen LogP contribution in [0.5, 0.6) is 5.75 Å². The van der Waals surface area contributed by atoms with Crippen LogP contribution in [0.25, 0.3) is 0 Å². The van der Waals surface area contributed by atoms with Crippen molar-refractivity contribution in [3.63, 3.8) is 0 Å². The van der Waals surface area contributed by atoms with Crippen molar-refractivity contribution in [3.8, 4) is 5.75 Å². The van der Waals surface area contributed by atoms with E-state index in [-0.39, 0.29) is 12.5 Å². The molecule has 2 atom stereocenters. The number of fused-ring (bicyclic) bond motifs is 1. The summed E-state index contributed by atoms with van der Waals surface area (Å²) in [6.07, 6.45) is 0.514. The van der Waals surface area contributed by atoms with Crippen LogP contribution in [0.3, 0.4) is 0 Å². The van der Waals surface area contributed by atoms with E-state index in [1.165, 1.54) is 0 Å². The predicted molar refractivity (Wildman–Crippen MR) is 80.7 cm³/mol. The second kappa shape index (κ2) is 6.05. The van der Waals surface area contributed by atoms with E-state index in [2.05, 4.69) is 4.72 Å². The van der Waals surface area contributed by atoms with Gasteiger partial charge in [0.1, 0.15) is 18.3 Å². The number of nitrogens with one attached hydrogen (secondary N) is 1. The standard InChI is InChI=1S/C15H21NO4S/c1-10(2)8-11(3)21(18,19)16-15(17)13-9-20-14-7-5-4-6-12(13)14/h4-7,10-11,13H,8-9H2,1-3H3,(H,16,17)/t11-,13+/m0/s1. The number of carbonyl (C=O) groups excluding carboxylic acids is 1. The molecule has 1 aliphatic rings. The van der Waals surface area contributed by atoms with Gasteiger partial charge in [-0.1, -0.05) is 32.0 Å². The van der Waals surface area contributed by atoms with Crippen LogP contribution in [0.4, 0.5) is 0 Å². The number of sulfonamides is 1. The minimum atomic E-state index is -3.65. The number of amides is 1. The summed E-state index contributed by atoms with van der Waals surface area (Å²) in [5, 5.41) is -0.598. The van der Waals surface area contributed by atoms with Crippen molar-refractivity contribution >= 4 is 15.9 Å². The lowest BCUT2D eigenvalue weighted by molar-refractivity contribution is -0.121. The molecule has 21 heavy (non-hydrogen) atoms. The third-order valence-corrected chi connectivity index (χ3v) is 5.33. The first kappa shape index (κ1) is 15.8. The molecule has 0 saturated heterocycles. The first-order valence-electron chi connectivity index (χ1n) is 7.08. The smallest absolute Gasteiger partial charge is 0.244 e. The molecule has 6 heteroatoms. The zero-order valence-corrected chi connectivity index (χ0v) is 13.3. The third kappa shape index (κ3) is 3.56. The van der Waals surface area contributed by atoms with Gasteiger partial charge < -0.3 is 4.74 Å². The third-order valence-electron chi connectivity index (χ3n) is 3.59. The number of rotatable bonds is 5. The van der Waals surface area contributed by atoms with E-state index in [4.69, 9.17) is 4.74 Å². The van der Waals surface area contributed by atoms with Gasteiger partial charge in [0.15, 0.2) is 0 Å². The van der Waals surface area contributed by atoms with Crippen LogP contribution >= 0.6 is 0 Å². The molecule has 1 aromatic rings. The van der Waals surface area contributed by atoms with E-state index in [1.54, 1.807) is 19.1 Å². The molecular weight excluding hydrogens is 290 g/mol. The minimum Gasteiger partial charge on any atom is -0.492 e. The largest absolute Gasteiger partial charge is 0.492 e. The van der Waals surface area contributed by atoms with E-state index < -0.39 is 27.1 Å². The van der Waals surface area contributed by atoms with Crippen molar-refractivity contribution in [2.45, 2.75) is 38.4 Å². The fourth-order valence-electron chi connectivity index (χ4n) is 2.48. The molecule has 5 nitrogen and oxygen atoms in total. The van der Waals surface area contributed by atoms with Crippen LogP contribution in [0, 0.1) is 5.92 Å². The van der Waals surface area contributed by atoms with Crippen molar-refractivity contribution in [2.75, 3.05) is 6.61 Å². The molecule has 1 aliphatic heterocycles. The SMILES string of the molecule is CC(C)C[C@H](C)S(=O)(=O)NC(=O)[C@@H]1COc2ccccc21. The molecule has 1 amide bonds. The second-order valence-corrected chi connectivity index (χ2v) is 7.95. The first-order valence-corrected chi connectivity index (χ1v) is 8.63. The molecule has 2 rings (SSSR count). The maximum absolute atomic E-state index is 12.2. The highest BCUT2D eigenvalue weighted by atomic mass is 32.2. The lowest BCUT2D eigenvalue weighted by Gasteiger charge is -2.17. The van der Waals surface area contributed by atoms with E-state index in [9.17, 15) is 13.2 Å². The van der Waals surface area contributed by atoms with Crippen molar-refractivity contribution in [1.29, 1.82) is 0 Å². The number of hydrogen-bond donors (Lipinski definition) is 1. The molecular formula is C15H21NO4S. The molecule has 1 N–H and O–H groups in total. The molecule has 0 spiro atoms. The Bertz CT molecular complexity index is 624. The highest BCUT2D eigenvalue weighted by molar-refractivity contribution is 7.90. The van der Waals surface area contributed by atoms with Gasteiger partial charge in [-0.25, -0.2) is 8.42 Å². The van der Waals surface area contributed by atoms with E-state index in [0.29, 0.717) is 12.2 Å². The van der Waals surface area contributed by atoms with Gasteiger partial charge in [-0.2, -0.15) is 0 Å². The van der Waals surface area contributed by atoms with Crippen molar-refractivity contribution in [3.05, 3.63) is 29.8 Å². The zero-order valence-electron chi connectivity index (χ0n) is 12.5. The Kier molecular flexibility index (Phi) is 4.56. The van der Waals surface area contributed by atoms with Crippen molar-refractivity contribution in [2.24, 2.45) is 5.92 Å². The first-order chi connectivity index (χ1) is 9.81. The second-order valence-electron chi connectivity index (χ2n) is 5.85. The summed E-state index contributed by atoms with van der Waals surface area (Å²) in [7, 11) is -3.65. The lowest BCUT2D eigenvalue weighted by Crippen LogP contribution is -2.40. The van der Waals surface area contributed by atoms with Crippen LogP contribution in [-0.4, -0.2) is 26.2 Å². The maximum atomic E-state index is 12.2. The predicted octanol–water partition coefficient (Wildman–Crippen LogP) is 2.04. The van der Waals surface area contributed by atoms with Crippen molar-refractivity contribution < 1.29 is 17.9 Å². The van der Waals surface area contributed by atoms with Gasteiger partial charge in [-0.3, -0.25) is 9.52 Å². The van der Waals surface area contributed by atoms with Crippen LogP contribution in [-0.2, 0) is 14.8 Å². The minimum absolute atomic E-state index is 0.180. The summed E-state index contributed by atoms with van der Waals surface area (Å²) < 4.78 is 32.0. The fraction of sp³-hybridized carbons (Fsp3) is 0.533. The molecule has 0 radical (unpaired) electrons. The maximum Gasteiger partial charge on any atom is 0.244 e.